The van der Waals surface area contributed by atoms with Crippen LogP contribution in [-0.2, 0) is 4.79 Å². The second-order valence-corrected chi connectivity index (χ2v) is 7.26. The first kappa shape index (κ1) is 16.4. The second kappa shape index (κ2) is 6.59. The molecule has 0 spiro atoms. The van der Waals surface area contributed by atoms with Crippen molar-refractivity contribution < 1.29 is 9.21 Å². The maximum atomic E-state index is 13.0. The number of nitrogens with one attached hydrogen (secondary N) is 1. The van der Waals surface area contributed by atoms with E-state index in [0.717, 1.165) is 38.8 Å². The van der Waals surface area contributed by atoms with Gasteiger partial charge in [0.2, 0.25) is 17.7 Å². The lowest BCUT2D eigenvalue weighted by Crippen LogP contribution is -2.56. The maximum Gasteiger partial charge on any atom is 0.241 e. The molecule has 1 saturated heterocycles. The van der Waals surface area contributed by atoms with Crippen LogP contribution >= 0.6 is 0 Å². The molecule has 1 saturated carbocycles. The smallest absolute Gasteiger partial charge is 0.241 e. The van der Waals surface area contributed by atoms with Gasteiger partial charge in [0.05, 0.1) is 0 Å². The van der Waals surface area contributed by atoms with Crippen molar-refractivity contribution in [3.05, 3.63) is 11.8 Å². The van der Waals surface area contributed by atoms with Crippen molar-refractivity contribution in [3.8, 4) is 0 Å². The molecular formula is C17H28N4O2. The van der Waals surface area contributed by atoms with Gasteiger partial charge in [-0.1, -0.05) is 26.7 Å². The molecular weight excluding hydrogens is 292 g/mol. The van der Waals surface area contributed by atoms with E-state index in [1.54, 1.807) is 0 Å². The van der Waals surface area contributed by atoms with Gasteiger partial charge in [0.15, 0.2) is 0 Å². The Balaban J connectivity index is 1.70. The monoisotopic (exact) mass is 320 g/mol. The third-order valence-electron chi connectivity index (χ3n) is 5.23. The van der Waals surface area contributed by atoms with Crippen LogP contribution in [0.1, 0.15) is 83.0 Å². The molecule has 0 unspecified atom stereocenters. The molecule has 2 heterocycles. The van der Waals surface area contributed by atoms with E-state index in [4.69, 9.17) is 4.42 Å². The van der Waals surface area contributed by atoms with E-state index < -0.39 is 0 Å². The molecule has 3 rings (SSSR count). The van der Waals surface area contributed by atoms with Crippen molar-refractivity contribution in [3.63, 3.8) is 0 Å². The van der Waals surface area contributed by atoms with E-state index in [9.17, 15) is 4.79 Å². The molecule has 128 valence electrons. The van der Waals surface area contributed by atoms with Crippen LogP contribution in [0.3, 0.4) is 0 Å². The van der Waals surface area contributed by atoms with Crippen LogP contribution in [0.4, 0.5) is 0 Å². The standard InChI is InChI=1S/C17H28N4O2/c1-12(2)14-19-20-15(23-14)13(3)18-16(22)17(8-4-5-9-17)21-10-6-7-11-21/h12-13H,4-11H2,1-3H3,(H,18,22)/t13-/m0/s1. The molecule has 1 aromatic rings. The molecule has 1 N–H and O–H groups in total. The molecule has 0 radical (unpaired) electrons. The van der Waals surface area contributed by atoms with Crippen LogP contribution in [0, 0.1) is 0 Å². The fourth-order valence-corrected chi connectivity index (χ4v) is 3.84. The Labute approximate surface area is 138 Å². The summed E-state index contributed by atoms with van der Waals surface area (Å²) in [5, 5.41) is 11.3. The van der Waals surface area contributed by atoms with Gasteiger partial charge in [-0.3, -0.25) is 9.69 Å². The minimum Gasteiger partial charge on any atom is -0.423 e. The van der Waals surface area contributed by atoms with E-state index in [-0.39, 0.29) is 23.4 Å². The Morgan fingerprint density at radius 2 is 1.70 bits per heavy atom. The summed E-state index contributed by atoms with van der Waals surface area (Å²) in [5.74, 6) is 1.45. The van der Waals surface area contributed by atoms with Gasteiger partial charge >= 0.3 is 0 Å². The van der Waals surface area contributed by atoms with Crippen LogP contribution in [-0.4, -0.2) is 39.6 Å². The number of amides is 1. The van der Waals surface area contributed by atoms with Crippen molar-refractivity contribution in [1.82, 2.24) is 20.4 Å². The highest BCUT2D eigenvalue weighted by atomic mass is 16.4. The highest BCUT2D eigenvalue weighted by Crippen LogP contribution is 2.38. The van der Waals surface area contributed by atoms with E-state index in [2.05, 4.69) is 20.4 Å². The topological polar surface area (TPSA) is 71.3 Å². The molecule has 1 amide bonds. The van der Waals surface area contributed by atoms with Gasteiger partial charge in [-0.2, -0.15) is 0 Å². The van der Waals surface area contributed by atoms with Crippen molar-refractivity contribution in [2.75, 3.05) is 13.1 Å². The van der Waals surface area contributed by atoms with E-state index in [1.807, 2.05) is 20.8 Å². The van der Waals surface area contributed by atoms with Crippen molar-refractivity contribution in [2.45, 2.75) is 76.8 Å². The minimum absolute atomic E-state index is 0.133. The zero-order chi connectivity index (χ0) is 16.4. The number of rotatable bonds is 5. The summed E-state index contributed by atoms with van der Waals surface area (Å²) in [7, 11) is 0. The molecule has 0 bridgehead atoms. The molecule has 23 heavy (non-hydrogen) atoms. The lowest BCUT2D eigenvalue weighted by atomic mass is 9.93. The number of hydrogen-bond donors (Lipinski definition) is 1. The third-order valence-corrected chi connectivity index (χ3v) is 5.23. The van der Waals surface area contributed by atoms with Crippen LogP contribution in [0.5, 0.6) is 0 Å². The van der Waals surface area contributed by atoms with E-state index in [0.29, 0.717) is 11.8 Å². The van der Waals surface area contributed by atoms with Gasteiger partial charge in [0.1, 0.15) is 11.6 Å². The zero-order valence-electron chi connectivity index (χ0n) is 14.5. The molecule has 2 fully saturated rings. The molecule has 1 aromatic heterocycles. The third kappa shape index (κ3) is 3.13. The summed E-state index contributed by atoms with van der Waals surface area (Å²) in [4.78, 5) is 15.4. The highest BCUT2D eigenvalue weighted by molar-refractivity contribution is 5.87. The Morgan fingerprint density at radius 3 is 2.26 bits per heavy atom. The van der Waals surface area contributed by atoms with E-state index in [1.165, 1.54) is 12.8 Å². The first-order chi connectivity index (χ1) is 11.0. The fourth-order valence-electron chi connectivity index (χ4n) is 3.84. The number of carbonyl (C=O) groups excluding carboxylic acids is 1. The van der Waals surface area contributed by atoms with Gasteiger partial charge in [0, 0.05) is 5.92 Å². The normalized spacial score (nSPS) is 22.6. The quantitative estimate of drug-likeness (QED) is 0.903. The molecule has 2 aliphatic rings. The van der Waals surface area contributed by atoms with Crippen LogP contribution in [0.2, 0.25) is 0 Å². The zero-order valence-corrected chi connectivity index (χ0v) is 14.5. The largest absolute Gasteiger partial charge is 0.423 e. The SMILES string of the molecule is CC(C)c1nnc([C@H](C)NC(=O)C2(N3CCCC3)CCCC2)o1. The Kier molecular flexibility index (Phi) is 4.71. The van der Waals surface area contributed by atoms with Crippen molar-refractivity contribution in [2.24, 2.45) is 0 Å². The second-order valence-electron chi connectivity index (χ2n) is 7.26. The lowest BCUT2D eigenvalue weighted by Gasteiger charge is -2.37. The lowest BCUT2D eigenvalue weighted by molar-refractivity contribution is -0.133. The first-order valence-electron chi connectivity index (χ1n) is 8.92. The maximum absolute atomic E-state index is 13.0. The molecule has 0 aromatic carbocycles. The van der Waals surface area contributed by atoms with Gasteiger partial charge in [-0.25, -0.2) is 0 Å². The average molecular weight is 320 g/mol. The van der Waals surface area contributed by atoms with Gasteiger partial charge < -0.3 is 9.73 Å². The van der Waals surface area contributed by atoms with Gasteiger partial charge in [0.25, 0.3) is 0 Å². The molecule has 6 nitrogen and oxygen atoms in total. The summed E-state index contributed by atoms with van der Waals surface area (Å²) in [5.41, 5.74) is -0.314. The molecule has 1 atom stereocenters. The molecule has 1 aliphatic carbocycles. The number of likely N-dealkylation sites (tertiary alicyclic amines) is 1. The summed E-state index contributed by atoms with van der Waals surface area (Å²) >= 11 is 0. The molecule has 1 aliphatic heterocycles. The number of carbonyl (C=O) groups is 1. The highest BCUT2D eigenvalue weighted by Gasteiger charge is 2.47. The average Bonchev–Trinajstić information content (AvgIpc) is 3.26. The van der Waals surface area contributed by atoms with Crippen LogP contribution in [0.15, 0.2) is 4.42 Å². The number of nitrogens with zero attached hydrogens (tertiary/aromatic N) is 3. The van der Waals surface area contributed by atoms with Gasteiger partial charge in [-0.05, 0) is 45.7 Å². The fraction of sp³-hybridized carbons (Fsp3) is 0.824. The predicted molar refractivity (Wildman–Crippen MR) is 87.0 cm³/mol. The number of aromatic nitrogens is 2. The Hall–Kier alpha value is -1.43. The summed E-state index contributed by atoms with van der Waals surface area (Å²) in [6, 6.07) is -0.248. The van der Waals surface area contributed by atoms with Gasteiger partial charge in [-0.15, -0.1) is 10.2 Å². The summed E-state index contributed by atoms with van der Waals surface area (Å²) < 4.78 is 5.68. The van der Waals surface area contributed by atoms with Crippen molar-refractivity contribution in [1.29, 1.82) is 0 Å². The minimum atomic E-state index is -0.314. The predicted octanol–water partition coefficient (Wildman–Crippen LogP) is 2.78. The summed E-state index contributed by atoms with van der Waals surface area (Å²) in [6.07, 6.45) is 6.60. The van der Waals surface area contributed by atoms with Crippen LogP contribution in [0.25, 0.3) is 0 Å². The molecule has 6 heteroatoms. The van der Waals surface area contributed by atoms with Crippen molar-refractivity contribution >= 4 is 5.91 Å². The van der Waals surface area contributed by atoms with Crippen LogP contribution < -0.4 is 5.32 Å². The first-order valence-corrected chi connectivity index (χ1v) is 8.92. The Bertz CT molecular complexity index is 543. The number of hydrogen-bond acceptors (Lipinski definition) is 5. The van der Waals surface area contributed by atoms with E-state index >= 15 is 0 Å². The Morgan fingerprint density at radius 1 is 1.09 bits per heavy atom. The summed E-state index contributed by atoms with van der Waals surface area (Å²) in [6.45, 7) is 8.03.